The predicted molar refractivity (Wildman–Crippen MR) is 119 cm³/mol. The van der Waals surface area contributed by atoms with Crippen LogP contribution in [0.5, 0.6) is 0 Å². The Labute approximate surface area is 176 Å². The summed E-state index contributed by atoms with van der Waals surface area (Å²) in [4.78, 5) is 7.40. The number of benzene rings is 2. The zero-order valence-electron chi connectivity index (χ0n) is 16.9. The molecule has 0 bridgehead atoms. The zero-order valence-corrected chi connectivity index (χ0v) is 18.6. The third kappa shape index (κ3) is 3.95. The van der Waals surface area contributed by atoms with Crippen molar-refractivity contribution in [3.8, 4) is 11.3 Å². The van der Waals surface area contributed by atoms with E-state index in [4.69, 9.17) is 4.98 Å². The lowest BCUT2D eigenvalue weighted by molar-refractivity contribution is 0.385. The Balaban J connectivity index is 1.48. The molecule has 0 spiro atoms. The standard InChI is InChI=1S/C22H25N3O2S2/c1-16-7-9-19(10-8-16)29(26,27)25-13-11-24(12-14-25)22-23-20(15-28-22)21-17(2)5-4-6-18(21)3/h4-10,15H,11-14H2,1-3H3. The summed E-state index contributed by atoms with van der Waals surface area (Å²) in [6.07, 6.45) is 0. The summed E-state index contributed by atoms with van der Waals surface area (Å²) in [5.41, 5.74) is 5.68. The summed E-state index contributed by atoms with van der Waals surface area (Å²) >= 11 is 1.62. The fourth-order valence-electron chi connectivity index (χ4n) is 3.72. The van der Waals surface area contributed by atoms with E-state index in [1.54, 1.807) is 27.8 Å². The number of hydrogen-bond acceptors (Lipinski definition) is 5. The molecule has 3 aromatic rings. The highest BCUT2D eigenvalue weighted by molar-refractivity contribution is 7.89. The van der Waals surface area contributed by atoms with Crippen molar-refractivity contribution in [1.29, 1.82) is 0 Å². The van der Waals surface area contributed by atoms with Crippen LogP contribution < -0.4 is 4.90 Å². The lowest BCUT2D eigenvalue weighted by atomic mass is 10.0. The van der Waals surface area contributed by atoms with Crippen LogP contribution in [0.1, 0.15) is 16.7 Å². The molecule has 1 aliphatic rings. The molecule has 0 saturated carbocycles. The fourth-order valence-corrected chi connectivity index (χ4v) is 6.01. The molecule has 0 aliphatic carbocycles. The predicted octanol–water partition coefficient (Wildman–Crippen LogP) is 4.25. The minimum Gasteiger partial charge on any atom is -0.345 e. The van der Waals surface area contributed by atoms with Gasteiger partial charge in [-0.25, -0.2) is 13.4 Å². The van der Waals surface area contributed by atoms with Crippen LogP contribution in [-0.4, -0.2) is 43.9 Å². The second kappa shape index (κ2) is 7.89. The number of sulfonamides is 1. The maximum Gasteiger partial charge on any atom is 0.243 e. The Morgan fingerprint density at radius 3 is 2.14 bits per heavy atom. The number of piperazine rings is 1. The molecule has 1 aromatic heterocycles. The van der Waals surface area contributed by atoms with Gasteiger partial charge in [0.05, 0.1) is 10.6 Å². The molecule has 5 nitrogen and oxygen atoms in total. The molecule has 0 unspecified atom stereocenters. The molecule has 0 N–H and O–H groups in total. The van der Waals surface area contributed by atoms with E-state index in [0.29, 0.717) is 31.1 Å². The molecule has 1 aliphatic heterocycles. The van der Waals surface area contributed by atoms with E-state index in [0.717, 1.165) is 16.4 Å². The monoisotopic (exact) mass is 427 g/mol. The third-order valence-corrected chi connectivity index (χ3v) is 8.21. The molecule has 2 heterocycles. The highest BCUT2D eigenvalue weighted by atomic mass is 32.2. The molecule has 0 atom stereocenters. The number of anilines is 1. The first-order chi connectivity index (χ1) is 13.9. The van der Waals surface area contributed by atoms with Gasteiger partial charge in [-0.05, 0) is 44.0 Å². The van der Waals surface area contributed by atoms with Crippen molar-refractivity contribution < 1.29 is 8.42 Å². The van der Waals surface area contributed by atoms with E-state index in [1.807, 2.05) is 19.1 Å². The van der Waals surface area contributed by atoms with Gasteiger partial charge in [0.2, 0.25) is 10.0 Å². The van der Waals surface area contributed by atoms with Gasteiger partial charge in [0.25, 0.3) is 0 Å². The van der Waals surface area contributed by atoms with Gasteiger partial charge < -0.3 is 4.90 Å². The normalized spacial score (nSPS) is 15.6. The Kier molecular flexibility index (Phi) is 5.46. The summed E-state index contributed by atoms with van der Waals surface area (Å²) in [6, 6.07) is 13.3. The smallest absolute Gasteiger partial charge is 0.243 e. The quantitative estimate of drug-likeness (QED) is 0.625. The summed E-state index contributed by atoms with van der Waals surface area (Å²) < 4.78 is 27.4. The number of aromatic nitrogens is 1. The van der Waals surface area contributed by atoms with E-state index in [2.05, 4.69) is 42.3 Å². The number of aryl methyl sites for hydroxylation is 3. The van der Waals surface area contributed by atoms with Crippen molar-refractivity contribution in [1.82, 2.24) is 9.29 Å². The Bertz CT molecular complexity index is 1090. The van der Waals surface area contributed by atoms with E-state index >= 15 is 0 Å². The Morgan fingerprint density at radius 2 is 1.52 bits per heavy atom. The van der Waals surface area contributed by atoms with Gasteiger partial charge in [0.15, 0.2) is 5.13 Å². The lowest BCUT2D eigenvalue weighted by Gasteiger charge is -2.33. The van der Waals surface area contributed by atoms with Crippen molar-refractivity contribution in [2.45, 2.75) is 25.7 Å². The molecule has 0 amide bonds. The molecule has 29 heavy (non-hydrogen) atoms. The van der Waals surface area contributed by atoms with Crippen LogP contribution in [0.15, 0.2) is 52.7 Å². The van der Waals surface area contributed by atoms with Gasteiger partial charge in [-0.3, -0.25) is 0 Å². The maximum absolute atomic E-state index is 12.9. The van der Waals surface area contributed by atoms with E-state index in [9.17, 15) is 8.42 Å². The van der Waals surface area contributed by atoms with Crippen LogP contribution in [0.2, 0.25) is 0 Å². The van der Waals surface area contributed by atoms with Gasteiger partial charge in [-0.2, -0.15) is 4.31 Å². The first kappa shape index (κ1) is 20.1. The summed E-state index contributed by atoms with van der Waals surface area (Å²) in [5.74, 6) is 0. The van der Waals surface area contributed by atoms with Crippen LogP contribution in [0.4, 0.5) is 5.13 Å². The van der Waals surface area contributed by atoms with Gasteiger partial charge in [0, 0.05) is 37.1 Å². The maximum atomic E-state index is 12.9. The Morgan fingerprint density at radius 1 is 0.897 bits per heavy atom. The molecule has 0 radical (unpaired) electrons. The summed E-state index contributed by atoms with van der Waals surface area (Å²) in [5, 5.41) is 3.05. The number of rotatable bonds is 4. The fraction of sp³-hybridized carbons (Fsp3) is 0.318. The molecular formula is C22H25N3O2S2. The van der Waals surface area contributed by atoms with Crippen LogP contribution in [0.25, 0.3) is 11.3 Å². The van der Waals surface area contributed by atoms with Crippen molar-refractivity contribution in [3.63, 3.8) is 0 Å². The molecule has 2 aromatic carbocycles. The zero-order chi connectivity index (χ0) is 20.6. The molecular weight excluding hydrogens is 402 g/mol. The van der Waals surface area contributed by atoms with Gasteiger partial charge in [-0.1, -0.05) is 35.9 Å². The van der Waals surface area contributed by atoms with Crippen LogP contribution in [-0.2, 0) is 10.0 Å². The number of thiazole rings is 1. The summed E-state index contributed by atoms with van der Waals surface area (Å²) in [7, 11) is -3.44. The van der Waals surface area contributed by atoms with Crippen LogP contribution >= 0.6 is 11.3 Å². The Hall–Kier alpha value is -2.22. The van der Waals surface area contributed by atoms with Crippen molar-refractivity contribution >= 4 is 26.5 Å². The second-order valence-electron chi connectivity index (χ2n) is 7.49. The van der Waals surface area contributed by atoms with Crippen molar-refractivity contribution in [2.24, 2.45) is 0 Å². The van der Waals surface area contributed by atoms with Crippen LogP contribution in [0.3, 0.4) is 0 Å². The first-order valence-corrected chi connectivity index (χ1v) is 12.0. The third-order valence-electron chi connectivity index (χ3n) is 5.40. The molecule has 7 heteroatoms. The largest absolute Gasteiger partial charge is 0.345 e. The van der Waals surface area contributed by atoms with Gasteiger partial charge in [-0.15, -0.1) is 11.3 Å². The van der Waals surface area contributed by atoms with E-state index in [1.165, 1.54) is 16.7 Å². The van der Waals surface area contributed by atoms with E-state index in [-0.39, 0.29) is 0 Å². The lowest BCUT2D eigenvalue weighted by Crippen LogP contribution is -2.48. The topological polar surface area (TPSA) is 53.5 Å². The molecule has 1 fully saturated rings. The SMILES string of the molecule is Cc1ccc(S(=O)(=O)N2CCN(c3nc(-c4c(C)cccc4C)cs3)CC2)cc1. The van der Waals surface area contributed by atoms with Crippen molar-refractivity contribution in [3.05, 3.63) is 64.5 Å². The average molecular weight is 428 g/mol. The van der Waals surface area contributed by atoms with Gasteiger partial charge >= 0.3 is 0 Å². The highest BCUT2D eigenvalue weighted by Gasteiger charge is 2.29. The number of nitrogens with zero attached hydrogens (tertiary/aromatic N) is 3. The average Bonchev–Trinajstić information content (AvgIpc) is 3.18. The minimum absolute atomic E-state index is 0.364. The van der Waals surface area contributed by atoms with Crippen molar-refractivity contribution in [2.75, 3.05) is 31.1 Å². The highest BCUT2D eigenvalue weighted by Crippen LogP contribution is 2.32. The van der Waals surface area contributed by atoms with Gasteiger partial charge in [0.1, 0.15) is 0 Å². The van der Waals surface area contributed by atoms with Crippen LogP contribution in [0, 0.1) is 20.8 Å². The minimum atomic E-state index is -3.44. The molecule has 152 valence electrons. The first-order valence-electron chi connectivity index (χ1n) is 9.70. The molecule has 1 saturated heterocycles. The second-order valence-corrected chi connectivity index (χ2v) is 10.3. The summed E-state index contributed by atoms with van der Waals surface area (Å²) in [6.45, 7) is 8.39. The van der Waals surface area contributed by atoms with E-state index < -0.39 is 10.0 Å². The molecule has 4 rings (SSSR count). The number of hydrogen-bond donors (Lipinski definition) is 0.